The van der Waals surface area contributed by atoms with Gasteiger partial charge in [-0.3, -0.25) is 15.0 Å². The molecule has 4 rings (SSSR count). The Kier molecular flexibility index (Phi) is 5.25. The second kappa shape index (κ2) is 7.98. The maximum absolute atomic E-state index is 12.3. The van der Waals surface area contributed by atoms with E-state index in [1.165, 1.54) is 18.1 Å². The molecule has 1 saturated carbocycles. The smallest absolute Gasteiger partial charge is 0.319 e. The predicted octanol–water partition coefficient (Wildman–Crippen LogP) is 3.63. The van der Waals surface area contributed by atoms with Crippen LogP contribution in [0, 0.1) is 22.0 Å². The molecule has 2 fully saturated rings. The van der Waals surface area contributed by atoms with Crippen molar-refractivity contribution in [2.75, 3.05) is 18.4 Å². The Morgan fingerprint density at radius 2 is 1.86 bits per heavy atom. The number of benzene rings is 2. The third-order valence-electron chi connectivity index (χ3n) is 5.95. The Morgan fingerprint density at radius 1 is 1.11 bits per heavy atom. The highest BCUT2D eigenvalue weighted by molar-refractivity contribution is 5.91. The SMILES string of the molecule is O=C(NCC1C2CCC1N(Cc1ccccc1)C2)Nc1ccccc1[N+](=O)[O-]. The summed E-state index contributed by atoms with van der Waals surface area (Å²) >= 11 is 0. The summed E-state index contributed by atoms with van der Waals surface area (Å²) in [5, 5.41) is 16.6. The molecule has 7 nitrogen and oxygen atoms in total. The number of nitrogens with zero attached hydrogens (tertiary/aromatic N) is 2. The topological polar surface area (TPSA) is 87.5 Å². The molecule has 0 spiro atoms. The maximum Gasteiger partial charge on any atom is 0.319 e. The molecule has 28 heavy (non-hydrogen) atoms. The largest absolute Gasteiger partial charge is 0.338 e. The van der Waals surface area contributed by atoms with E-state index in [4.69, 9.17) is 0 Å². The number of nitro benzene ring substituents is 1. The van der Waals surface area contributed by atoms with E-state index >= 15 is 0 Å². The predicted molar refractivity (Wildman–Crippen MR) is 107 cm³/mol. The van der Waals surface area contributed by atoms with Crippen LogP contribution in [0.15, 0.2) is 54.6 Å². The number of carbonyl (C=O) groups excluding carboxylic acids is 1. The minimum Gasteiger partial charge on any atom is -0.338 e. The Labute approximate surface area is 163 Å². The van der Waals surface area contributed by atoms with Crippen LogP contribution < -0.4 is 10.6 Å². The quantitative estimate of drug-likeness (QED) is 0.592. The molecule has 1 aliphatic carbocycles. The summed E-state index contributed by atoms with van der Waals surface area (Å²) in [5.74, 6) is 1.03. The van der Waals surface area contributed by atoms with Crippen molar-refractivity contribution in [2.45, 2.75) is 25.4 Å². The van der Waals surface area contributed by atoms with Crippen LogP contribution in [0.5, 0.6) is 0 Å². The molecule has 2 N–H and O–H groups in total. The van der Waals surface area contributed by atoms with Gasteiger partial charge in [0.25, 0.3) is 5.69 Å². The molecule has 1 saturated heterocycles. The Hall–Kier alpha value is -2.93. The number of hydrogen-bond donors (Lipinski definition) is 2. The lowest BCUT2D eigenvalue weighted by Gasteiger charge is -2.27. The van der Waals surface area contributed by atoms with Crippen LogP contribution in [-0.4, -0.2) is 35.0 Å². The first-order valence-electron chi connectivity index (χ1n) is 9.68. The third kappa shape index (κ3) is 3.84. The van der Waals surface area contributed by atoms with Crippen LogP contribution in [0.25, 0.3) is 0 Å². The first-order chi connectivity index (χ1) is 13.6. The highest BCUT2D eigenvalue weighted by Crippen LogP contribution is 2.43. The van der Waals surface area contributed by atoms with Gasteiger partial charge in [-0.2, -0.15) is 0 Å². The molecule has 3 atom stereocenters. The van der Waals surface area contributed by atoms with Crippen molar-refractivity contribution < 1.29 is 9.72 Å². The zero-order valence-corrected chi connectivity index (χ0v) is 15.6. The van der Waals surface area contributed by atoms with E-state index in [1.54, 1.807) is 18.2 Å². The van der Waals surface area contributed by atoms with Gasteiger partial charge >= 0.3 is 6.03 Å². The molecule has 3 unspecified atom stereocenters. The van der Waals surface area contributed by atoms with Gasteiger partial charge in [-0.25, -0.2) is 4.79 Å². The van der Waals surface area contributed by atoms with Crippen molar-refractivity contribution in [2.24, 2.45) is 11.8 Å². The third-order valence-corrected chi connectivity index (χ3v) is 5.95. The average Bonchev–Trinajstić information content (AvgIpc) is 3.24. The van der Waals surface area contributed by atoms with E-state index in [0.717, 1.165) is 19.5 Å². The van der Waals surface area contributed by atoms with Gasteiger partial charge in [-0.15, -0.1) is 0 Å². The lowest BCUT2D eigenvalue weighted by Crippen LogP contribution is -2.38. The van der Waals surface area contributed by atoms with Crippen LogP contribution in [-0.2, 0) is 6.54 Å². The van der Waals surface area contributed by atoms with Gasteiger partial charge in [0.1, 0.15) is 5.69 Å². The normalized spacial score (nSPS) is 23.5. The van der Waals surface area contributed by atoms with Gasteiger partial charge in [-0.05, 0) is 36.3 Å². The lowest BCUT2D eigenvalue weighted by atomic mass is 9.98. The highest BCUT2D eigenvalue weighted by Gasteiger charge is 2.46. The number of piperidine rings is 1. The molecular weight excluding hydrogens is 356 g/mol. The summed E-state index contributed by atoms with van der Waals surface area (Å²) in [7, 11) is 0. The number of carbonyl (C=O) groups is 1. The van der Waals surface area contributed by atoms with Crippen LogP contribution in [0.2, 0.25) is 0 Å². The number of anilines is 1. The number of rotatable bonds is 6. The molecule has 7 heteroatoms. The van der Waals surface area contributed by atoms with E-state index in [9.17, 15) is 14.9 Å². The van der Waals surface area contributed by atoms with E-state index in [2.05, 4.69) is 39.8 Å². The fourth-order valence-electron chi connectivity index (χ4n) is 4.66. The van der Waals surface area contributed by atoms with Gasteiger partial charge in [0.2, 0.25) is 0 Å². The number of amides is 2. The summed E-state index contributed by atoms with van der Waals surface area (Å²) in [5.41, 5.74) is 1.42. The number of para-hydroxylation sites is 2. The number of urea groups is 1. The number of nitro groups is 1. The molecule has 2 aromatic carbocycles. The van der Waals surface area contributed by atoms with Crippen molar-refractivity contribution in [1.82, 2.24) is 10.2 Å². The zero-order chi connectivity index (χ0) is 19.5. The second-order valence-corrected chi connectivity index (χ2v) is 7.59. The first-order valence-corrected chi connectivity index (χ1v) is 9.68. The van der Waals surface area contributed by atoms with E-state index in [1.807, 2.05) is 6.07 Å². The van der Waals surface area contributed by atoms with Crippen molar-refractivity contribution in [3.05, 3.63) is 70.3 Å². The van der Waals surface area contributed by atoms with E-state index in [0.29, 0.717) is 24.4 Å². The standard InChI is InChI=1S/C21H24N4O3/c26-21(23-18-8-4-5-9-20(18)25(27)28)22-12-17-16-10-11-19(17)24(14-16)13-15-6-2-1-3-7-15/h1-9,16-17,19H,10-14H2,(H2,22,23,26). The van der Waals surface area contributed by atoms with Crippen LogP contribution in [0.1, 0.15) is 18.4 Å². The molecule has 2 bridgehead atoms. The lowest BCUT2D eigenvalue weighted by molar-refractivity contribution is -0.383. The summed E-state index contributed by atoms with van der Waals surface area (Å²) in [4.78, 5) is 25.4. The summed E-state index contributed by atoms with van der Waals surface area (Å²) in [6, 6.07) is 16.7. The maximum atomic E-state index is 12.3. The minimum atomic E-state index is -0.492. The average molecular weight is 380 g/mol. The van der Waals surface area contributed by atoms with Gasteiger partial charge in [-0.1, -0.05) is 42.5 Å². The molecule has 2 aromatic rings. The molecule has 1 heterocycles. The number of likely N-dealkylation sites (tertiary alicyclic amines) is 1. The fourth-order valence-corrected chi connectivity index (χ4v) is 4.66. The van der Waals surface area contributed by atoms with E-state index < -0.39 is 11.0 Å². The van der Waals surface area contributed by atoms with Crippen LogP contribution >= 0.6 is 0 Å². The summed E-state index contributed by atoms with van der Waals surface area (Å²) < 4.78 is 0. The first kappa shape index (κ1) is 18.4. The molecule has 146 valence electrons. The molecule has 1 aliphatic heterocycles. The monoisotopic (exact) mass is 380 g/mol. The second-order valence-electron chi connectivity index (χ2n) is 7.59. The van der Waals surface area contributed by atoms with Crippen molar-refractivity contribution >= 4 is 17.4 Å². The zero-order valence-electron chi connectivity index (χ0n) is 15.6. The molecule has 2 aliphatic rings. The van der Waals surface area contributed by atoms with Crippen molar-refractivity contribution in [1.29, 1.82) is 0 Å². The minimum absolute atomic E-state index is 0.104. The number of hydrogen-bond acceptors (Lipinski definition) is 4. The fraction of sp³-hybridized carbons (Fsp3) is 0.381. The Morgan fingerprint density at radius 3 is 2.64 bits per heavy atom. The molecule has 2 amide bonds. The Balaban J connectivity index is 1.33. The summed E-state index contributed by atoms with van der Waals surface area (Å²) in [6.07, 6.45) is 2.36. The van der Waals surface area contributed by atoms with E-state index in [-0.39, 0.29) is 11.4 Å². The van der Waals surface area contributed by atoms with Gasteiger partial charge in [0.05, 0.1) is 4.92 Å². The van der Waals surface area contributed by atoms with Crippen molar-refractivity contribution in [3.63, 3.8) is 0 Å². The van der Waals surface area contributed by atoms with Gasteiger partial charge < -0.3 is 10.6 Å². The van der Waals surface area contributed by atoms with Crippen LogP contribution in [0.4, 0.5) is 16.2 Å². The Bertz CT molecular complexity index is 858. The number of fused-ring (bicyclic) bond motifs is 2. The van der Waals surface area contributed by atoms with Crippen molar-refractivity contribution in [3.8, 4) is 0 Å². The summed E-state index contributed by atoms with van der Waals surface area (Å²) in [6.45, 7) is 2.60. The highest BCUT2D eigenvalue weighted by atomic mass is 16.6. The van der Waals surface area contributed by atoms with Gasteiger partial charge in [0.15, 0.2) is 0 Å². The molecule has 0 radical (unpaired) electrons. The van der Waals surface area contributed by atoms with Crippen LogP contribution in [0.3, 0.4) is 0 Å². The molecular formula is C21H24N4O3. The van der Waals surface area contributed by atoms with Gasteiger partial charge in [0, 0.05) is 31.7 Å². The number of nitrogens with one attached hydrogen (secondary N) is 2. The molecule has 0 aromatic heterocycles.